The van der Waals surface area contributed by atoms with Gasteiger partial charge in [0, 0.05) is 28.9 Å². The van der Waals surface area contributed by atoms with Crippen molar-refractivity contribution in [2.75, 3.05) is 0 Å². The predicted molar refractivity (Wildman–Crippen MR) is 143 cm³/mol. The van der Waals surface area contributed by atoms with Crippen molar-refractivity contribution in [3.63, 3.8) is 0 Å². The summed E-state index contributed by atoms with van der Waals surface area (Å²) >= 11 is 6.04. The highest BCUT2D eigenvalue weighted by molar-refractivity contribution is 6.30. The lowest BCUT2D eigenvalue weighted by Gasteiger charge is -2.08. The second kappa shape index (κ2) is 11.0. The van der Waals surface area contributed by atoms with Crippen LogP contribution in [0.15, 0.2) is 109 Å². The van der Waals surface area contributed by atoms with Crippen LogP contribution in [0, 0.1) is 10.1 Å². The van der Waals surface area contributed by atoms with Crippen molar-refractivity contribution in [3.05, 3.63) is 136 Å². The van der Waals surface area contributed by atoms with Gasteiger partial charge in [-0.3, -0.25) is 10.1 Å². The van der Waals surface area contributed by atoms with Gasteiger partial charge in [-0.25, -0.2) is 9.48 Å². The molecule has 9 heteroatoms. The summed E-state index contributed by atoms with van der Waals surface area (Å²) in [6, 6.07) is 29.4. The molecule has 0 radical (unpaired) electrons. The molecule has 38 heavy (non-hydrogen) atoms. The molecule has 0 bridgehead atoms. The van der Waals surface area contributed by atoms with Crippen molar-refractivity contribution in [2.45, 2.75) is 6.61 Å². The molecule has 0 aliphatic carbocycles. The van der Waals surface area contributed by atoms with Crippen LogP contribution in [0.2, 0.25) is 5.02 Å². The Balaban J connectivity index is 1.30. The third kappa shape index (κ3) is 5.71. The van der Waals surface area contributed by atoms with Crippen LogP contribution < -0.4 is 4.74 Å². The Hall–Kier alpha value is -4.95. The van der Waals surface area contributed by atoms with Crippen molar-refractivity contribution in [3.8, 4) is 28.4 Å². The third-order valence-corrected chi connectivity index (χ3v) is 5.90. The number of rotatable bonds is 8. The van der Waals surface area contributed by atoms with Crippen LogP contribution in [0.4, 0.5) is 5.69 Å². The first-order valence-electron chi connectivity index (χ1n) is 11.6. The highest BCUT2D eigenvalue weighted by Gasteiger charge is 2.20. The monoisotopic (exact) mass is 525 g/mol. The quantitative estimate of drug-likeness (QED) is 0.120. The van der Waals surface area contributed by atoms with Gasteiger partial charge in [-0.2, -0.15) is 5.10 Å². The number of para-hydroxylation sites is 1. The third-order valence-electron chi connectivity index (χ3n) is 5.65. The molecule has 0 N–H and O–H groups in total. The summed E-state index contributed by atoms with van der Waals surface area (Å²) in [4.78, 5) is 23.5. The number of carbonyl (C=O) groups excluding carboxylic acids is 1. The van der Waals surface area contributed by atoms with Gasteiger partial charge in [-0.15, -0.1) is 0 Å². The van der Waals surface area contributed by atoms with Gasteiger partial charge in [0.1, 0.15) is 29.4 Å². The lowest BCUT2D eigenvalue weighted by atomic mass is 10.1. The molecule has 5 rings (SSSR count). The summed E-state index contributed by atoms with van der Waals surface area (Å²) in [7, 11) is 0. The number of carbonyl (C=O) groups is 1. The van der Waals surface area contributed by atoms with Crippen LogP contribution in [0.5, 0.6) is 11.5 Å². The summed E-state index contributed by atoms with van der Waals surface area (Å²) < 4.78 is 13.0. The fourth-order valence-corrected chi connectivity index (χ4v) is 3.84. The molecule has 0 amide bonds. The Kier molecular flexibility index (Phi) is 7.15. The van der Waals surface area contributed by atoms with Crippen LogP contribution in [-0.2, 0) is 11.3 Å². The lowest BCUT2D eigenvalue weighted by molar-refractivity contribution is -0.384. The predicted octanol–water partition coefficient (Wildman–Crippen LogP) is 7.25. The van der Waals surface area contributed by atoms with Crippen molar-refractivity contribution < 1.29 is 19.2 Å². The van der Waals surface area contributed by atoms with Gasteiger partial charge in [-0.05, 0) is 54.1 Å². The number of aromatic nitrogens is 2. The van der Waals surface area contributed by atoms with E-state index < -0.39 is 10.9 Å². The van der Waals surface area contributed by atoms with E-state index >= 15 is 0 Å². The smallest absolute Gasteiger partial charge is 0.342 e. The van der Waals surface area contributed by atoms with Gasteiger partial charge in [0.25, 0.3) is 5.69 Å². The first-order chi connectivity index (χ1) is 18.5. The van der Waals surface area contributed by atoms with E-state index in [1.165, 1.54) is 24.3 Å². The molecular formula is C29H20ClN3O5. The average molecular weight is 526 g/mol. The SMILES string of the molecule is O=C(OCc1ccc(Oc2ccc([N+](=O)[O-])cc2)cc1)c1cn(-c2ccccc2)nc1-c1ccc(Cl)cc1. The maximum atomic E-state index is 13.1. The minimum Gasteiger partial charge on any atom is -0.457 e. The lowest BCUT2D eigenvalue weighted by Crippen LogP contribution is -2.06. The minimum atomic E-state index is -0.511. The van der Waals surface area contributed by atoms with Gasteiger partial charge >= 0.3 is 5.97 Å². The Morgan fingerprint density at radius 1 is 0.868 bits per heavy atom. The molecule has 0 aliphatic rings. The van der Waals surface area contributed by atoms with E-state index in [0.717, 1.165) is 16.8 Å². The summed E-state index contributed by atoms with van der Waals surface area (Å²) in [6.45, 7) is 0.0488. The second-order valence-electron chi connectivity index (χ2n) is 8.25. The van der Waals surface area contributed by atoms with E-state index in [2.05, 4.69) is 5.10 Å². The summed E-state index contributed by atoms with van der Waals surface area (Å²) in [6.07, 6.45) is 1.66. The molecule has 0 unspecified atom stereocenters. The zero-order valence-electron chi connectivity index (χ0n) is 19.9. The van der Waals surface area contributed by atoms with Gasteiger partial charge in [0.05, 0.1) is 10.6 Å². The topological polar surface area (TPSA) is 96.5 Å². The van der Waals surface area contributed by atoms with E-state index in [4.69, 9.17) is 21.1 Å². The Morgan fingerprint density at radius 3 is 2.13 bits per heavy atom. The summed E-state index contributed by atoms with van der Waals surface area (Å²) in [5.41, 5.74) is 3.12. The van der Waals surface area contributed by atoms with Crippen molar-refractivity contribution in [1.82, 2.24) is 9.78 Å². The number of nitro benzene ring substituents is 1. The zero-order valence-corrected chi connectivity index (χ0v) is 20.6. The van der Waals surface area contributed by atoms with Crippen LogP contribution in [0.1, 0.15) is 15.9 Å². The van der Waals surface area contributed by atoms with E-state index in [1.807, 2.05) is 30.3 Å². The molecule has 8 nitrogen and oxygen atoms in total. The molecule has 0 fully saturated rings. The van der Waals surface area contributed by atoms with Gasteiger partial charge in [-0.1, -0.05) is 54.1 Å². The Morgan fingerprint density at radius 2 is 1.50 bits per heavy atom. The number of hydrogen-bond donors (Lipinski definition) is 0. The molecule has 0 spiro atoms. The first-order valence-corrected chi connectivity index (χ1v) is 11.9. The van der Waals surface area contributed by atoms with Gasteiger partial charge in [0.15, 0.2) is 0 Å². The number of nitro groups is 1. The highest BCUT2D eigenvalue weighted by atomic mass is 35.5. The van der Waals surface area contributed by atoms with Gasteiger partial charge in [0.2, 0.25) is 0 Å². The Bertz CT molecular complexity index is 1570. The maximum Gasteiger partial charge on any atom is 0.342 e. The van der Waals surface area contributed by atoms with Crippen LogP contribution in [0.3, 0.4) is 0 Å². The number of non-ortho nitro benzene ring substituents is 1. The number of benzene rings is 4. The van der Waals surface area contributed by atoms with Crippen LogP contribution >= 0.6 is 11.6 Å². The summed E-state index contributed by atoms with van der Waals surface area (Å²) in [5, 5.41) is 16.0. The Labute approximate surface area is 222 Å². The van der Waals surface area contributed by atoms with Crippen molar-refractivity contribution in [2.24, 2.45) is 0 Å². The zero-order chi connectivity index (χ0) is 26.5. The molecule has 0 saturated carbocycles. The molecule has 0 saturated heterocycles. The average Bonchev–Trinajstić information content (AvgIpc) is 3.39. The number of ether oxygens (including phenoxy) is 2. The molecule has 1 aromatic heterocycles. The number of esters is 1. The van der Waals surface area contributed by atoms with E-state index in [9.17, 15) is 14.9 Å². The largest absolute Gasteiger partial charge is 0.457 e. The van der Waals surface area contributed by atoms with Crippen molar-refractivity contribution >= 4 is 23.3 Å². The summed E-state index contributed by atoms with van der Waals surface area (Å²) in [5.74, 6) is 0.506. The maximum absolute atomic E-state index is 13.1. The molecule has 5 aromatic rings. The molecule has 0 aliphatic heterocycles. The van der Waals surface area contributed by atoms with E-state index in [1.54, 1.807) is 59.4 Å². The molecule has 188 valence electrons. The van der Waals surface area contributed by atoms with E-state index in [0.29, 0.717) is 27.8 Å². The standard InChI is InChI=1S/C29H20ClN3O5/c30-22-10-8-21(9-11-22)28-27(18-32(31-28)23-4-2-1-3-5-23)29(34)37-19-20-6-14-25(15-7-20)38-26-16-12-24(13-17-26)33(35)36/h1-18H,19H2. The van der Waals surface area contributed by atoms with Gasteiger partial charge < -0.3 is 9.47 Å². The van der Waals surface area contributed by atoms with E-state index in [-0.39, 0.29) is 12.3 Å². The van der Waals surface area contributed by atoms with Crippen LogP contribution in [-0.4, -0.2) is 20.7 Å². The fourth-order valence-electron chi connectivity index (χ4n) is 3.71. The molecule has 4 aromatic carbocycles. The normalized spacial score (nSPS) is 10.7. The number of halogens is 1. The first kappa shape index (κ1) is 24.7. The van der Waals surface area contributed by atoms with Crippen molar-refractivity contribution in [1.29, 1.82) is 0 Å². The minimum absolute atomic E-state index is 0.0111. The second-order valence-corrected chi connectivity index (χ2v) is 8.69. The fraction of sp³-hybridized carbons (Fsp3) is 0.0345. The van der Waals surface area contributed by atoms with Crippen LogP contribution in [0.25, 0.3) is 16.9 Å². The molecular weight excluding hydrogens is 506 g/mol. The molecule has 1 heterocycles. The number of hydrogen-bond acceptors (Lipinski definition) is 6. The highest BCUT2D eigenvalue weighted by Crippen LogP contribution is 2.27. The molecule has 0 atom stereocenters. The number of nitrogens with zero attached hydrogens (tertiary/aromatic N) is 3.